The fraction of sp³-hybridized carbons (Fsp3) is 0.773. The van der Waals surface area contributed by atoms with Gasteiger partial charge in [-0.2, -0.15) is 0 Å². The van der Waals surface area contributed by atoms with E-state index in [4.69, 9.17) is 9.47 Å². The number of hydrogen-bond donors (Lipinski definition) is 0. The van der Waals surface area contributed by atoms with E-state index in [1.54, 1.807) is 24.3 Å². The number of carboxylic acid groups (broad SMARTS) is 2. The average Bonchev–Trinajstić information content (AvgIpc) is 3.13. The third kappa shape index (κ3) is 40.9. The van der Waals surface area contributed by atoms with Gasteiger partial charge in [0.1, 0.15) is 0 Å². The van der Waals surface area contributed by atoms with Gasteiger partial charge in [-0.25, -0.2) is 9.59 Å². The normalized spacial score (nSPS) is 10.2. The van der Waals surface area contributed by atoms with E-state index in [2.05, 4.69) is 27.7 Å². The Balaban J connectivity index is -0.000000828. The van der Waals surface area contributed by atoms with Gasteiger partial charge in [-0.15, -0.1) is 0 Å². The van der Waals surface area contributed by atoms with Crippen LogP contribution in [0, 0.1) is 0 Å². The van der Waals surface area contributed by atoms with Gasteiger partial charge < -0.3 is 29.3 Å². The predicted octanol–water partition coefficient (Wildman–Crippen LogP) is 10.1. The molecule has 304 valence electrons. The number of benzene rings is 1. The molecular weight excluding hydrogens is 775 g/mol. The van der Waals surface area contributed by atoms with Crippen molar-refractivity contribution in [3.63, 3.8) is 0 Å². The Labute approximate surface area is 341 Å². The standard InChI is InChI=1S/C24H38O4.2C10H20O2.Sn/c1-3-5-7-9-11-15-19-27-23(25)21-17-13-14-18-22(21)24(26)28-20-16-12-10-8-6-4-2;2*1-2-3-4-5-6-7-8-9-10(11)12;/h13-14,17-18H,3-12,15-16,19-20H2,1-2H3;2*2-9H2,1H3,(H,11,12);/q;;;+2/p-2. The molecule has 0 saturated heterocycles. The van der Waals surface area contributed by atoms with Gasteiger partial charge in [0.05, 0.1) is 24.3 Å². The molecule has 0 aliphatic heterocycles. The molecule has 0 aliphatic carbocycles. The first kappa shape index (κ1) is 55.2. The van der Waals surface area contributed by atoms with Crippen molar-refractivity contribution in [3.8, 4) is 0 Å². The van der Waals surface area contributed by atoms with Crippen LogP contribution >= 0.6 is 0 Å². The molecule has 0 atom stereocenters. The third-order valence-electron chi connectivity index (χ3n) is 8.80. The Morgan fingerprint density at radius 3 is 0.925 bits per heavy atom. The summed E-state index contributed by atoms with van der Waals surface area (Å²) in [5, 5.41) is 20.0. The van der Waals surface area contributed by atoms with Gasteiger partial charge in [-0.3, -0.25) is 0 Å². The minimum Gasteiger partial charge on any atom is -0.550 e. The van der Waals surface area contributed by atoms with Crippen LogP contribution in [0.2, 0.25) is 0 Å². The number of carbonyl (C=O) groups is 4. The maximum Gasteiger partial charge on any atom is 2.00 e. The molecule has 0 unspecified atom stereocenters. The first-order valence-corrected chi connectivity index (χ1v) is 21.1. The molecule has 0 saturated carbocycles. The second kappa shape index (κ2) is 44.3. The largest absolute Gasteiger partial charge is 2.00 e. The maximum atomic E-state index is 12.4. The molecule has 0 spiro atoms. The Bertz CT molecular complexity index is 907. The molecule has 0 amide bonds. The van der Waals surface area contributed by atoms with Crippen LogP contribution < -0.4 is 10.2 Å². The molecular formula is C44H76O8Sn. The third-order valence-corrected chi connectivity index (χ3v) is 8.80. The summed E-state index contributed by atoms with van der Waals surface area (Å²) in [6, 6.07) is 6.74. The van der Waals surface area contributed by atoms with E-state index in [1.807, 2.05) is 0 Å². The van der Waals surface area contributed by atoms with Crippen molar-refractivity contribution in [2.45, 2.75) is 207 Å². The second-order valence-corrected chi connectivity index (χ2v) is 13.8. The molecule has 0 N–H and O–H groups in total. The van der Waals surface area contributed by atoms with E-state index < -0.39 is 23.9 Å². The van der Waals surface area contributed by atoms with Crippen molar-refractivity contribution in [2.75, 3.05) is 13.2 Å². The smallest absolute Gasteiger partial charge is 0.550 e. The monoisotopic (exact) mass is 852 g/mol. The summed E-state index contributed by atoms with van der Waals surface area (Å²) in [6.45, 7) is 9.56. The van der Waals surface area contributed by atoms with Crippen LogP contribution in [-0.2, 0) is 19.1 Å². The van der Waals surface area contributed by atoms with Crippen molar-refractivity contribution < 1.29 is 38.9 Å². The maximum absolute atomic E-state index is 12.4. The number of carbonyl (C=O) groups excluding carboxylic acids is 4. The average molecular weight is 852 g/mol. The number of ether oxygens (including phenoxy) is 2. The van der Waals surface area contributed by atoms with E-state index in [9.17, 15) is 29.4 Å². The Kier molecular flexibility index (Phi) is 46.2. The van der Waals surface area contributed by atoms with Crippen molar-refractivity contribution in [1.29, 1.82) is 0 Å². The number of unbranched alkanes of at least 4 members (excludes halogenated alkanes) is 22. The van der Waals surface area contributed by atoms with Gasteiger partial charge in [0.2, 0.25) is 0 Å². The molecule has 0 aliphatic rings. The molecule has 1 aromatic carbocycles. The summed E-state index contributed by atoms with van der Waals surface area (Å²) in [5.74, 6) is -2.71. The van der Waals surface area contributed by atoms with Gasteiger partial charge >= 0.3 is 35.8 Å². The van der Waals surface area contributed by atoms with Crippen LogP contribution in [-0.4, -0.2) is 61.0 Å². The summed E-state index contributed by atoms with van der Waals surface area (Å²) in [5.41, 5.74) is 0.586. The molecule has 53 heavy (non-hydrogen) atoms. The van der Waals surface area contributed by atoms with Crippen LogP contribution in [0.25, 0.3) is 0 Å². The van der Waals surface area contributed by atoms with E-state index >= 15 is 0 Å². The first-order valence-electron chi connectivity index (χ1n) is 21.1. The van der Waals surface area contributed by atoms with Crippen LogP contribution in [0.3, 0.4) is 0 Å². The van der Waals surface area contributed by atoms with Crippen molar-refractivity contribution >= 4 is 47.8 Å². The minimum absolute atomic E-state index is 0. The molecule has 2 radical (unpaired) electrons. The van der Waals surface area contributed by atoms with Gasteiger partial charge in [0.15, 0.2) is 0 Å². The van der Waals surface area contributed by atoms with E-state index in [-0.39, 0.29) is 36.7 Å². The van der Waals surface area contributed by atoms with Crippen molar-refractivity contribution in [2.24, 2.45) is 0 Å². The zero-order chi connectivity index (χ0) is 38.9. The summed E-state index contributed by atoms with van der Waals surface area (Å²) >= 11 is 0. The van der Waals surface area contributed by atoms with Crippen LogP contribution in [0.1, 0.15) is 228 Å². The topological polar surface area (TPSA) is 133 Å². The van der Waals surface area contributed by atoms with Crippen LogP contribution in [0.4, 0.5) is 0 Å². The number of aliphatic carboxylic acids is 2. The summed E-state index contributed by atoms with van der Waals surface area (Å²) in [7, 11) is 0. The van der Waals surface area contributed by atoms with Crippen molar-refractivity contribution in [1.82, 2.24) is 0 Å². The minimum atomic E-state index is -0.913. The van der Waals surface area contributed by atoms with E-state index in [1.165, 1.54) is 116 Å². The fourth-order valence-electron chi connectivity index (χ4n) is 5.54. The molecule has 1 aromatic rings. The quantitative estimate of drug-likeness (QED) is 0.0398. The number of carboxylic acids is 2. The van der Waals surface area contributed by atoms with Gasteiger partial charge in [0, 0.05) is 11.9 Å². The summed E-state index contributed by atoms with van der Waals surface area (Å²) in [6.07, 6.45) is 30.3. The fourth-order valence-corrected chi connectivity index (χ4v) is 5.54. The molecule has 0 aromatic heterocycles. The summed E-state index contributed by atoms with van der Waals surface area (Å²) < 4.78 is 10.7. The van der Waals surface area contributed by atoms with E-state index in [0.717, 1.165) is 51.4 Å². The molecule has 0 heterocycles. The second-order valence-electron chi connectivity index (χ2n) is 13.8. The molecule has 0 fully saturated rings. The Morgan fingerprint density at radius 2 is 0.660 bits per heavy atom. The molecule has 0 bridgehead atoms. The zero-order valence-corrected chi connectivity index (χ0v) is 37.1. The van der Waals surface area contributed by atoms with Crippen LogP contribution in [0.5, 0.6) is 0 Å². The SMILES string of the molecule is CCCCCCCCCC(=O)[O-].CCCCCCCCCC(=O)[O-].CCCCCCCCOC(=O)c1ccccc1C(=O)OCCCCCCCC.[Sn+2]. The number of rotatable bonds is 32. The molecule has 8 nitrogen and oxygen atoms in total. The zero-order valence-electron chi connectivity index (χ0n) is 34.3. The van der Waals surface area contributed by atoms with E-state index in [0.29, 0.717) is 24.3 Å². The Hall–Kier alpha value is -2.10. The summed E-state index contributed by atoms with van der Waals surface area (Å²) in [4.78, 5) is 44.8. The van der Waals surface area contributed by atoms with Gasteiger partial charge in [-0.1, -0.05) is 181 Å². The predicted molar refractivity (Wildman–Crippen MR) is 215 cm³/mol. The molecule has 9 heteroatoms. The van der Waals surface area contributed by atoms with Gasteiger partial charge in [-0.05, 0) is 50.7 Å². The number of esters is 2. The number of hydrogen-bond acceptors (Lipinski definition) is 8. The van der Waals surface area contributed by atoms with Crippen molar-refractivity contribution in [3.05, 3.63) is 35.4 Å². The Morgan fingerprint density at radius 1 is 0.415 bits per heavy atom. The first-order chi connectivity index (χ1) is 25.2. The van der Waals surface area contributed by atoms with Gasteiger partial charge in [0.25, 0.3) is 0 Å². The molecule has 1 rings (SSSR count). The van der Waals surface area contributed by atoms with Crippen LogP contribution in [0.15, 0.2) is 24.3 Å².